The van der Waals surface area contributed by atoms with Gasteiger partial charge in [-0.2, -0.15) is 0 Å². The molecule has 104 valence electrons. The van der Waals surface area contributed by atoms with E-state index in [0.29, 0.717) is 0 Å². The lowest BCUT2D eigenvalue weighted by molar-refractivity contribution is 0.645. The quantitative estimate of drug-likeness (QED) is 0.926. The second-order valence-electron chi connectivity index (χ2n) is 5.52. The van der Waals surface area contributed by atoms with Gasteiger partial charge in [0, 0.05) is 25.3 Å². The number of anilines is 1. The highest BCUT2D eigenvalue weighted by atomic mass is 15.2. The van der Waals surface area contributed by atoms with E-state index >= 15 is 0 Å². The summed E-state index contributed by atoms with van der Waals surface area (Å²) < 4.78 is 0. The van der Waals surface area contributed by atoms with Gasteiger partial charge in [-0.1, -0.05) is 37.3 Å². The van der Waals surface area contributed by atoms with Crippen molar-refractivity contribution in [3.8, 4) is 0 Å². The standard InChI is InChI=1S/C17H21N3/c1-2-16(18)9-13-7-8-17(19-10-13)20-11-14-5-3-4-6-15(14)12-20/h3-8,10,16H,2,9,11-12,18H2,1H3. The summed E-state index contributed by atoms with van der Waals surface area (Å²) in [6.07, 6.45) is 3.88. The zero-order chi connectivity index (χ0) is 13.9. The van der Waals surface area contributed by atoms with Crippen LogP contribution in [0.25, 0.3) is 0 Å². The molecule has 0 fully saturated rings. The van der Waals surface area contributed by atoms with Crippen molar-refractivity contribution in [2.24, 2.45) is 5.73 Å². The number of rotatable bonds is 4. The van der Waals surface area contributed by atoms with Crippen LogP contribution < -0.4 is 10.6 Å². The Morgan fingerprint density at radius 2 is 1.85 bits per heavy atom. The van der Waals surface area contributed by atoms with Crippen molar-refractivity contribution in [1.82, 2.24) is 4.98 Å². The summed E-state index contributed by atoms with van der Waals surface area (Å²) in [6.45, 7) is 4.03. The van der Waals surface area contributed by atoms with Crippen molar-refractivity contribution in [3.05, 3.63) is 59.3 Å². The first-order valence-electron chi connectivity index (χ1n) is 7.28. The van der Waals surface area contributed by atoms with Gasteiger partial charge >= 0.3 is 0 Å². The molecule has 1 unspecified atom stereocenters. The average Bonchev–Trinajstić information content (AvgIpc) is 2.91. The van der Waals surface area contributed by atoms with E-state index in [1.54, 1.807) is 0 Å². The molecule has 1 aromatic carbocycles. The number of nitrogens with two attached hydrogens (primary N) is 1. The lowest BCUT2D eigenvalue weighted by atomic mass is 10.1. The van der Waals surface area contributed by atoms with E-state index in [0.717, 1.165) is 31.7 Å². The van der Waals surface area contributed by atoms with Gasteiger partial charge in [0.05, 0.1) is 0 Å². The number of aromatic nitrogens is 1. The Balaban J connectivity index is 1.70. The summed E-state index contributed by atoms with van der Waals surface area (Å²) in [5.74, 6) is 1.05. The predicted molar refractivity (Wildman–Crippen MR) is 82.5 cm³/mol. The van der Waals surface area contributed by atoms with Gasteiger partial charge in [0.1, 0.15) is 5.82 Å². The fourth-order valence-corrected chi connectivity index (χ4v) is 2.67. The Bertz CT molecular complexity index is 552. The van der Waals surface area contributed by atoms with Crippen molar-refractivity contribution in [3.63, 3.8) is 0 Å². The molecule has 1 aromatic heterocycles. The maximum Gasteiger partial charge on any atom is 0.129 e. The van der Waals surface area contributed by atoms with E-state index in [1.807, 2.05) is 6.20 Å². The van der Waals surface area contributed by atoms with E-state index in [9.17, 15) is 0 Å². The molecule has 1 aliphatic rings. The molecular formula is C17H21N3. The Kier molecular flexibility index (Phi) is 3.70. The van der Waals surface area contributed by atoms with E-state index < -0.39 is 0 Å². The Morgan fingerprint density at radius 1 is 1.15 bits per heavy atom. The molecule has 2 N–H and O–H groups in total. The van der Waals surface area contributed by atoms with E-state index in [2.05, 4.69) is 53.2 Å². The monoisotopic (exact) mass is 267 g/mol. The molecule has 20 heavy (non-hydrogen) atoms. The molecule has 2 heterocycles. The minimum Gasteiger partial charge on any atom is -0.348 e. The van der Waals surface area contributed by atoms with Gasteiger partial charge < -0.3 is 10.6 Å². The minimum atomic E-state index is 0.235. The largest absolute Gasteiger partial charge is 0.348 e. The van der Waals surface area contributed by atoms with Gasteiger partial charge in [0.15, 0.2) is 0 Å². The molecule has 0 amide bonds. The smallest absolute Gasteiger partial charge is 0.129 e. The number of pyridine rings is 1. The maximum atomic E-state index is 5.98. The van der Waals surface area contributed by atoms with Gasteiger partial charge in [-0.15, -0.1) is 0 Å². The Morgan fingerprint density at radius 3 is 2.40 bits per heavy atom. The molecule has 0 bridgehead atoms. The summed E-state index contributed by atoms with van der Waals surface area (Å²) in [7, 11) is 0. The molecule has 2 aromatic rings. The summed E-state index contributed by atoms with van der Waals surface area (Å²) in [4.78, 5) is 6.92. The molecule has 1 aliphatic heterocycles. The number of fused-ring (bicyclic) bond motifs is 1. The molecule has 3 nitrogen and oxygen atoms in total. The summed E-state index contributed by atoms with van der Waals surface area (Å²) in [6, 6.07) is 13.1. The van der Waals surface area contributed by atoms with Crippen LogP contribution >= 0.6 is 0 Å². The third kappa shape index (κ3) is 2.68. The highest BCUT2D eigenvalue weighted by Gasteiger charge is 2.19. The van der Waals surface area contributed by atoms with E-state index in [1.165, 1.54) is 16.7 Å². The average molecular weight is 267 g/mol. The topological polar surface area (TPSA) is 42.1 Å². The highest BCUT2D eigenvalue weighted by molar-refractivity contribution is 5.47. The molecule has 0 aliphatic carbocycles. The molecular weight excluding hydrogens is 246 g/mol. The number of nitrogens with zero attached hydrogens (tertiary/aromatic N) is 2. The normalized spacial score (nSPS) is 15.2. The summed E-state index contributed by atoms with van der Waals surface area (Å²) >= 11 is 0. The fraction of sp³-hybridized carbons (Fsp3) is 0.353. The predicted octanol–water partition coefficient (Wildman–Crippen LogP) is 2.88. The van der Waals surface area contributed by atoms with Crippen LogP contribution in [0.2, 0.25) is 0 Å². The molecule has 1 atom stereocenters. The Hall–Kier alpha value is -1.87. The van der Waals surface area contributed by atoms with Crippen molar-refractivity contribution < 1.29 is 0 Å². The van der Waals surface area contributed by atoms with Crippen LogP contribution in [0.4, 0.5) is 5.82 Å². The second kappa shape index (κ2) is 5.63. The first-order valence-corrected chi connectivity index (χ1v) is 7.28. The molecule has 0 saturated heterocycles. The van der Waals surface area contributed by atoms with E-state index in [-0.39, 0.29) is 6.04 Å². The number of hydrogen-bond donors (Lipinski definition) is 1. The molecule has 0 spiro atoms. The van der Waals surface area contributed by atoms with Crippen LogP contribution in [0, 0.1) is 0 Å². The maximum absolute atomic E-state index is 5.98. The van der Waals surface area contributed by atoms with E-state index in [4.69, 9.17) is 5.73 Å². The molecule has 3 rings (SSSR count). The zero-order valence-electron chi connectivity index (χ0n) is 11.9. The lowest BCUT2D eigenvalue weighted by Crippen LogP contribution is -2.21. The number of benzene rings is 1. The van der Waals surface area contributed by atoms with Crippen molar-refractivity contribution in [2.75, 3.05) is 4.90 Å². The van der Waals surface area contributed by atoms with Gasteiger partial charge in [-0.3, -0.25) is 0 Å². The zero-order valence-corrected chi connectivity index (χ0v) is 11.9. The Labute approximate surface area is 120 Å². The van der Waals surface area contributed by atoms with Crippen LogP contribution in [0.3, 0.4) is 0 Å². The first-order chi connectivity index (χ1) is 9.76. The first kappa shape index (κ1) is 13.1. The summed E-state index contributed by atoms with van der Waals surface area (Å²) in [5, 5.41) is 0. The SMILES string of the molecule is CCC(N)Cc1ccc(N2Cc3ccccc3C2)nc1. The van der Waals surface area contributed by atoms with Crippen LogP contribution in [0.1, 0.15) is 30.0 Å². The van der Waals surface area contributed by atoms with Crippen molar-refractivity contribution in [1.29, 1.82) is 0 Å². The number of hydrogen-bond acceptors (Lipinski definition) is 3. The summed E-state index contributed by atoms with van der Waals surface area (Å²) in [5.41, 5.74) is 10.0. The van der Waals surface area contributed by atoms with Gasteiger partial charge in [-0.05, 0) is 35.6 Å². The van der Waals surface area contributed by atoms with Gasteiger partial charge in [-0.25, -0.2) is 4.98 Å². The van der Waals surface area contributed by atoms with Crippen LogP contribution in [-0.2, 0) is 19.5 Å². The molecule has 0 radical (unpaired) electrons. The molecule has 0 saturated carbocycles. The van der Waals surface area contributed by atoms with Crippen LogP contribution in [0.5, 0.6) is 0 Å². The van der Waals surface area contributed by atoms with Crippen LogP contribution in [0.15, 0.2) is 42.6 Å². The third-order valence-electron chi connectivity index (χ3n) is 4.00. The lowest BCUT2D eigenvalue weighted by Gasteiger charge is -2.17. The van der Waals surface area contributed by atoms with Gasteiger partial charge in [0.25, 0.3) is 0 Å². The fourth-order valence-electron chi connectivity index (χ4n) is 2.67. The molecule has 3 heteroatoms. The van der Waals surface area contributed by atoms with Crippen molar-refractivity contribution >= 4 is 5.82 Å². The van der Waals surface area contributed by atoms with Crippen molar-refractivity contribution in [2.45, 2.75) is 38.9 Å². The minimum absolute atomic E-state index is 0.235. The third-order valence-corrected chi connectivity index (χ3v) is 4.00. The second-order valence-corrected chi connectivity index (χ2v) is 5.52. The van der Waals surface area contributed by atoms with Gasteiger partial charge in [0.2, 0.25) is 0 Å². The van der Waals surface area contributed by atoms with Crippen LogP contribution in [-0.4, -0.2) is 11.0 Å². The highest BCUT2D eigenvalue weighted by Crippen LogP contribution is 2.26.